The van der Waals surface area contributed by atoms with Gasteiger partial charge in [0.2, 0.25) is 0 Å². The molecule has 444 valence electrons. The molecule has 4 atom stereocenters. The number of furan rings is 2. The SMILES string of the molecule is CC(C)(C)OC(=O)N1CCCC1c1ncc(-c2ccc3oc(-c4ccc(-c5cnc([C@@H]6CCCN6C(=O)OC(C)(C)C)[nH]5)c(F)c4)cc3c2)[nH]1.Fc1cc(-c2cc3cc(-c4cnc(C5CCCN5)[nH]4)ccc3o2)ccc1-c1cnc([C@@H]2CCCN2)[nH]1. The minimum absolute atomic E-state index is 0.177. The first kappa shape index (κ1) is 56.3. The third kappa shape index (κ3) is 11.8. The summed E-state index contributed by atoms with van der Waals surface area (Å²) in [5, 5.41) is 8.71. The highest BCUT2D eigenvalue weighted by molar-refractivity contribution is 5.88. The first-order valence-corrected chi connectivity index (χ1v) is 29.8. The van der Waals surface area contributed by atoms with Crippen LogP contribution in [0.15, 0.2) is 119 Å². The average molecular weight is 1170 g/mol. The second kappa shape index (κ2) is 22.8. The van der Waals surface area contributed by atoms with Crippen LogP contribution in [0.4, 0.5) is 18.4 Å². The molecular formula is C66H70F2N12O6. The number of ether oxygens (including phenoxy) is 2. The van der Waals surface area contributed by atoms with Crippen LogP contribution in [0.1, 0.15) is 140 Å². The van der Waals surface area contributed by atoms with Crippen molar-refractivity contribution in [1.82, 2.24) is 60.3 Å². The van der Waals surface area contributed by atoms with Crippen LogP contribution in [0.3, 0.4) is 0 Å². The molecule has 2 amide bonds. The summed E-state index contributed by atoms with van der Waals surface area (Å²) in [5.74, 6) is 3.61. The number of nitrogens with zero attached hydrogens (tertiary/aromatic N) is 6. The van der Waals surface area contributed by atoms with E-state index in [0.717, 1.165) is 114 Å². The molecule has 18 nitrogen and oxygen atoms in total. The van der Waals surface area contributed by atoms with Crippen molar-refractivity contribution in [2.45, 2.75) is 128 Å². The third-order valence-electron chi connectivity index (χ3n) is 16.3. The summed E-state index contributed by atoms with van der Waals surface area (Å²) in [6.07, 6.45) is 14.0. The zero-order valence-electron chi connectivity index (χ0n) is 49.1. The lowest BCUT2D eigenvalue weighted by Gasteiger charge is -2.27. The fourth-order valence-electron chi connectivity index (χ4n) is 12.1. The van der Waals surface area contributed by atoms with Crippen LogP contribution in [-0.4, -0.2) is 99.2 Å². The standard InChI is InChI=1S/C38H43FN6O5.C28H27FN6O/c1-37(2,3)49-35(46)44-15-7-9-29(44)33-40-20-27(42-33)22-12-14-31-24(17-22)19-32(48-31)23-11-13-25(26(39)18-23)28-21-41-34(43-28)30-10-8-16-45(30)36(47)50-38(4,5)6;29-20-12-17(5-7-19(20)24-15-33-28(35-24)22-4-2-10-31-22)26-13-18-11-16(6-8-25(18)36-26)23-14-32-27(34-23)21-3-1-9-30-21/h11-14,17-21,29-30H,7-10,15-16H2,1-6H3,(H,40,42)(H,41,43);5-8,11-15,21-22,30-31H,1-4,9-10H2,(H,32,34)(H,33,35)/t29?,30-;21?,22-/m00/s1. The van der Waals surface area contributed by atoms with Gasteiger partial charge in [-0.15, -0.1) is 0 Å². The van der Waals surface area contributed by atoms with E-state index < -0.39 is 17.0 Å². The van der Waals surface area contributed by atoms with Crippen molar-refractivity contribution < 1.29 is 36.7 Å². The Bertz CT molecular complexity index is 4110. The molecular weight excluding hydrogens is 1090 g/mol. The molecule has 2 unspecified atom stereocenters. The van der Waals surface area contributed by atoms with Crippen LogP contribution >= 0.6 is 0 Å². The van der Waals surface area contributed by atoms with Crippen molar-refractivity contribution in [2.24, 2.45) is 0 Å². The number of carbonyl (C=O) groups is 2. The molecule has 4 aromatic carbocycles. The average Bonchev–Trinajstić information content (AvgIpc) is 2.50. The molecule has 4 aliphatic rings. The second-order valence-electron chi connectivity index (χ2n) is 24.8. The van der Waals surface area contributed by atoms with E-state index in [4.69, 9.17) is 18.3 Å². The number of fused-ring (bicyclic) bond motifs is 2. The first-order valence-electron chi connectivity index (χ1n) is 29.8. The van der Waals surface area contributed by atoms with Gasteiger partial charge >= 0.3 is 12.2 Å². The lowest BCUT2D eigenvalue weighted by molar-refractivity contribution is 0.0208. The largest absolute Gasteiger partial charge is 0.456 e. The number of likely N-dealkylation sites (tertiary alicyclic amines) is 2. The number of nitrogens with one attached hydrogen (secondary N) is 6. The quantitative estimate of drug-likeness (QED) is 0.0752. The number of aromatic nitrogens is 8. The topological polar surface area (TPSA) is 224 Å². The molecule has 10 aromatic rings. The fourth-order valence-corrected chi connectivity index (χ4v) is 12.1. The molecule has 14 rings (SSSR count). The number of hydrogen-bond donors (Lipinski definition) is 6. The van der Waals surface area contributed by atoms with Gasteiger partial charge in [-0.3, -0.25) is 9.80 Å². The van der Waals surface area contributed by atoms with Crippen molar-refractivity contribution in [3.63, 3.8) is 0 Å². The van der Waals surface area contributed by atoms with Crippen LogP contribution in [0, 0.1) is 11.6 Å². The Balaban J connectivity index is 0.000000168. The van der Waals surface area contributed by atoms with Gasteiger partial charge < -0.3 is 48.9 Å². The van der Waals surface area contributed by atoms with Crippen LogP contribution in [0.5, 0.6) is 0 Å². The Hall–Kier alpha value is -8.88. The maximum atomic E-state index is 15.6. The van der Waals surface area contributed by atoms with Crippen molar-refractivity contribution in [1.29, 1.82) is 0 Å². The van der Waals surface area contributed by atoms with Crippen LogP contribution in [-0.2, 0) is 9.47 Å². The number of hydrogen-bond acceptors (Lipinski definition) is 12. The molecule has 0 saturated carbocycles. The summed E-state index contributed by atoms with van der Waals surface area (Å²) in [4.78, 5) is 60.6. The van der Waals surface area contributed by atoms with Gasteiger partial charge in [-0.1, -0.05) is 12.1 Å². The van der Waals surface area contributed by atoms with Gasteiger partial charge in [0.1, 0.15) is 68.8 Å². The van der Waals surface area contributed by atoms with E-state index in [1.165, 1.54) is 18.6 Å². The predicted octanol–water partition coefficient (Wildman–Crippen LogP) is 15.0. The Morgan fingerprint density at radius 1 is 0.488 bits per heavy atom. The summed E-state index contributed by atoms with van der Waals surface area (Å²) < 4.78 is 54.2. The van der Waals surface area contributed by atoms with E-state index >= 15 is 8.78 Å². The van der Waals surface area contributed by atoms with E-state index in [1.807, 2.05) is 102 Å². The Labute approximate surface area is 495 Å². The van der Waals surface area contributed by atoms with Gasteiger partial charge in [0.25, 0.3) is 0 Å². The number of imidazole rings is 4. The maximum Gasteiger partial charge on any atom is 0.410 e. The lowest BCUT2D eigenvalue weighted by Crippen LogP contribution is -2.36. The molecule has 0 spiro atoms. The van der Waals surface area contributed by atoms with Crippen molar-refractivity contribution >= 4 is 34.1 Å². The Morgan fingerprint density at radius 2 is 0.884 bits per heavy atom. The highest BCUT2D eigenvalue weighted by Gasteiger charge is 2.37. The molecule has 20 heteroatoms. The molecule has 10 heterocycles. The summed E-state index contributed by atoms with van der Waals surface area (Å²) in [6.45, 7) is 14.3. The number of halogens is 2. The summed E-state index contributed by atoms with van der Waals surface area (Å²) >= 11 is 0. The predicted molar refractivity (Wildman–Crippen MR) is 323 cm³/mol. The molecule has 6 aromatic heterocycles. The lowest BCUT2D eigenvalue weighted by atomic mass is 10.1. The van der Waals surface area contributed by atoms with Gasteiger partial charge in [-0.05, 0) is 179 Å². The Kier molecular flexibility index (Phi) is 14.9. The van der Waals surface area contributed by atoms with E-state index in [2.05, 4.69) is 56.6 Å². The number of amides is 2. The fraction of sp³-hybridized carbons (Fsp3) is 0.364. The molecule has 4 saturated heterocycles. The molecule has 6 N–H and O–H groups in total. The molecule has 0 bridgehead atoms. The van der Waals surface area contributed by atoms with Gasteiger partial charge in [0, 0.05) is 57.2 Å². The first-order chi connectivity index (χ1) is 41.4. The molecule has 0 aliphatic carbocycles. The van der Waals surface area contributed by atoms with Crippen molar-refractivity contribution in [3.05, 3.63) is 145 Å². The molecule has 86 heavy (non-hydrogen) atoms. The van der Waals surface area contributed by atoms with E-state index in [1.54, 1.807) is 40.5 Å². The number of H-pyrrole nitrogens is 4. The Morgan fingerprint density at radius 3 is 1.30 bits per heavy atom. The minimum Gasteiger partial charge on any atom is -0.456 e. The van der Waals surface area contributed by atoms with E-state index in [0.29, 0.717) is 75.7 Å². The van der Waals surface area contributed by atoms with Crippen LogP contribution in [0.2, 0.25) is 0 Å². The summed E-state index contributed by atoms with van der Waals surface area (Å²) in [7, 11) is 0. The van der Waals surface area contributed by atoms with Crippen LogP contribution in [0.25, 0.3) is 89.6 Å². The second-order valence-corrected chi connectivity index (χ2v) is 24.8. The monoisotopic (exact) mass is 1160 g/mol. The van der Waals surface area contributed by atoms with Gasteiger partial charge in [0.05, 0.1) is 71.7 Å². The van der Waals surface area contributed by atoms with E-state index in [9.17, 15) is 9.59 Å². The maximum absolute atomic E-state index is 15.6. The van der Waals surface area contributed by atoms with Gasteiger partial charge in [-0.25, -0.2) is 38.3 Å². The van der Waals surface area contributed by atoms with Crippen molar-refractivity contribution in [2.75, 3.05) is 26.2 Å². The van der Waals surface area contributed by atoms with Crippen molar-refractivity contribution in [3.8, 4) is 67.7 Å². The van der Waals surface area contributed by atoms with Gasteiger partial charge in [-0.2, -0.15) is 0 Å². The summed E-state index contributed by atoms with van der Waals surface area (Å²) in [6, 6.07) is 26.0. The minimum atomic E-state index is -0.599. The van der Waals surface area contributed by atoms with Crippen LogP contribution < -0.4 is 10.6 Å². The van der Waals surface area contributed by atoms with Gasteiger partial charge in [0.15, 0.2) is 0 Å². The molecule has 4 fully saturated rings. The molecule has 0 radical (unpaired) electrons. The smallest absolute Gasteiger partial charge is 0.410 e. The highest BCUT2D eigenvalue weighted by atomic mass is 19.1. The summed E-state index contributed by atoms with van der Waals surface area (Å²) in [5.41, 5.74) is 7.39. The normalized spacial score (nSPS) is 19.0. The zero-order chi connectivity index (χ0) is 59.4. The number of rotatable bonds is 10. The molecule has 4 aliphatic heterocycles. The number of aromatic amines is 4. The highest BCUT2D eigenvalue weighted by Crippen LogP contribution is 2.39. The number of benzene rings is 4. The van der Waals surface area contributed by atoms with E-state index in [-0.39, 0.29) is 36.1 Å². The zero-order valence-corrected chi connectivity index (χ0v) is 49.1. The third-order valence-corrected chi connectivity index (χ3v) is 16.3. The number of carbonyl (C=O) groups excluding carboxylic acids is 2.